The third-order valence-corrected chi connectivity index (χ3v) is 3.09. The van der Waals surface area contributed by atoms with Crippen molar-refractivity contribution in [2.24, 2.45) is 0 Å². The first-order valence-electron chi connectivity index (χ1n) is 5.59. The van der Waals surface area contributed by atoms with Gasteiger partial charge in [-0.3, -0.25) is 0 Å². The topological polar surface area (TPSA) is 49.3 Å². The van der Waals surface area contributed by atoms with E-state index in [0.717, 1.165) is 6.42 Å². The van der Waals surface area contributed by atoms with Crippen molar-refractivity contribution in [3.63, 3.8) is 0 Å². The molecule has 0 aromatic heterocycles. The van der Waals surface area contributed by atoms with Crippen LogP contribution in [0.15, 0.2) is 16.6 Å². The third kappa shape index (κ3) is 3.94. The van der Waals surface area contributed by atoms with Gasteiger partial charge in [-0.05, 0) is 28.4 Å². The summed E-state index contributed by atoms with van der Waals surface area (Å²) in [6.07, 6.45) is 1.95. The fourth-order valence-electron chi connectivity index (χ4n) is 1.49. The first-order chi connectivity index (χ1) is 8.45. The van der Waals surface area contributed by atoms with Crippen molar-refractivity contribution in [3.8, 4) is 0 Å². The van der Waals surface area contributed by atoms with Crippen molar-refractivity contribution >= 4 is 27.6 Å². The second-order valence-electron chi connectivity index (χ2n) is 3.92. The van der Waals surface area contributed by atoms with Crippen molar-refractivity contribution in [3.05, 3.63) is 28.2 Å². The van der Waals surface area contributed by atoms with E-state index in [2.05, 4.69) is 21.2 Å². The maximum atomic E-state index is 13.5. The van der Waals surface area contributed by atoms with E-state index in [1.807, 2.05) is 6.92 Å². The molecule has 100 valence electrons. The predicted octanol–water partition coefficient (Wildman–Crippen LogP) is 3.78. The van der Waals surface area contributed by atoms with Gasteiger partial charge in [0.1, 0.15) is 17.7 Å². The summed E-state index contributed by atoms with van der Waals surface area (Å²) in [5.74, 6) is -2.58. The van der Waals surface area contributed by atoms with Crippen molar-refractivity contribution < 1.29 is 18.7 Å². The number of nitrogens with one attached hydrogen (secondary N) is 1. The summed E-state index contributed by atoms with van der Waals surface area (Å²) >= 11 is 2.93. The monoisotopic (exact) mass is 321 g/mol. The van der Waals surface area contributed by atoms with Gasteiger partial charge in [0.25, 0.3) is 0 Å². The van der Waals surface area contributed by atoms with E-state index in [0.29, 0.717) is 18.9 Å². The van der Waals surface area contributed by atoms with Crippen LogP contribution in [-0.2, 0) is 4.79 Å². The Balaban J connectivity index is 2.86. The van der Waals surface area contributed by atoms with Crippen LogP contribution < -0.4 is 5.32 Å². The van der Waals surface area contributed by atoms with Crippen LogP contribution in [0.3, 0.4) is 0 Å². The van der Waals surface area contributed by atoms with Crippen molar-refractivity contribution in [1.29, 1.82) is 0 Å². The standard InChI is InChI=1S/C12H14BrF2NO2/c1-2-3-4-10(12(17)18)16-11-5-7(13)8(14)6-9(11)15/h5-6,10,16H,2-4H2,1H3,(H,17,18). The summed E-state index contributed by atoms with van der Waals surface area (Å²) in [7, 11) is 0. The zero-order valence-corrected chi connectivity index (χ0v) is 11.4. The van der Waals surface area contributed by atoms with Gasteiger partial charge in [-0.25, -0.2) is 13.6 Å². The summed E-state index contributed by atoms with van der Waals surface area (Å²) in [5, 5.41) is 11.6. The quantitative estimate of drug-likeness (QED) is 0.784. The second-order valence-corrected chi connectivity index (χ2v) is 4.78. The number of benzene rings is 1. The maximum Gasteiger partial charge on any atom is 0.326 e. The lowest BCUT2D eigenvalue weighted by Gasteiger charge is -2.16. The number of carboxylic acids is 1. The number of carboxylic acid groups (broad SMARTS) is 1. The Bertz CT molecular complexity index is 440. The van der Waals surface area contributed by atoms with Crippen LogP contribution in [0, 0.1) is 11.6 Å². The molecule has 0 amide bonds. The molecule has 0 aliphatic heterocycles. The molecule has 1 aromatic rings. The molecular weight excluding hydrogens is 308 g/mol. The lowest BCUT2D eigenvalue weighted by molar-refractivity contribution is -0.138. The normalized spacial score (nSPS) is 12.2. The molecule has 0 aliphatic rings. The van der Waals surface area contributed by atoms with Crippen LogP contribution in [0.2, 0.25) is 0 Å². The summed E-state index contributed by atoms with van der Waals surface area (Å²) in [4.78, 5) is 11.0. The molecule has 18 heavy (non-hydrogen) atoms. The van der Waals surface area contributed by atoms with E-state index in [4.69, 9.17) is 5.11 Å². The molecule has 6 heteroatoms. The number of anilines is 1. The minimum Gasteiger partial charge on any atom is -0.480 e. The molecule has 0 bridgehead atoms. The van der Waals surface area contributed by atoms with Gasteiger partial charge in [0.05, 0.1) is 10.2 Å². The molecule has 0 aliphatic carbocycles. The molecule has 2 N–H and O–H groups in total. The molecule has 1 atom stereocenters. The third-order valence-electron chi connectivity index (χ3n) is 2.48. The number of halogens is 3. The van der Waals surface area contributed by atoms with E-state index in [9.17, 15) is 13.6 Å². The Kier molecular flexibility index (Phi) is 5.53. The molecule has 0 saturated carbocycles. The summed E-state index contributed by atoms with van der Waals surface area (Å²) < 4.78 is 26.6. The summed E-state index contributed by atoms with van der Waals surface area (Å²) in [6, 6.07) is 1.04. The van der Waals surface area contributed by atoms with E-state index in [-0.39, 0.29) is 10.2 Å². The molecule has 0 radical (unpaired) electrons. The zero-order chi connectivity index (χ0) is 13.7. The molecule has 3 nitrogen and oxygen atoms in total. The zero-order valence-electron chi connectivity index (χ0n) is 9.84. The van der Waals surface area contributed by atoms with Gasteiger partial charge in [0.15, 0.2) is 0 Å². The predicted molar refractivity (Wildman–Crippen MR) is 68.6 cm³/mol. The van der Waals surface area contributed by atoms with Crippen LogP contribution in [0.4, 0.5) is 14.5 Å². The molecule has 0 spiro atoms. The summed E-state index contributed by atoms with van der Waals surface area (Å²) in [5.41, 5.74) is -0.0215. The smallest absolute Gasteiger partial charge is 0.326 e. The largest absolute Gasteiger partial charge is 0.480 e. The Hall–Kier alpha value is -1.17. The highest BCUT2D eigenvalue weighted by atomic mass is 79.9. The molecule has 1 aromatic carbocycles. The molecular formula is C12H14BrF2NO2. The van der Waals surface area contributed by atoms with E-state index >= 15 is 0 Å². The fraction of sp³-hybridized carbons (Fsp3) is 0.417. The minimum atomic E-state index is -1.05. The highest BCUT2D eigenvalue weighted by Gasteiger charge is 2.19. The maximum absolute atomic E-state index is 13.5. The van der Waals surface area contributed by atoms with E-state index in [1.54, 1.807) is 0 Å². The highest BCUT2D eigenvalue weighted by molar-refractivity contribution is 9.10. The SMILES string of the molecule is CCCCC(Nc1cc(Br)c(F)cc1F)C(=O)O. The number of aliphatic carboxylic acids is 1. The summed E-state index contributed by atoms with van der Waals surface area (Å²) in [6.45, 7) is 1.94. The number of carbonyl (C=O) groups is 1. The molecule has 1 rings (SSSR count). The Morgan fingerprint density at radius 2 is 2.11 bits per heavy atom. The van der Waals surface area contributed by atoms with Gasteiger partial charge in [-0.1, -0.05) is 19.8 Å². The average molecular weight is 322 g/mol. The number of rotatable bonds is 6. The van der Waals surface area contributed by atoms with Crippen LogP contribution in [0.25, 0.3) is 0 Å². The number of hydrogen-bond acceptors (Lipinski definition) is 2. The van der Waals surface area contributed by atoms with Gasteiger partial charge < -0.3 is 10.4 Å². The molecule has 0 fully saturated rings. The lowest BCUT2D eigenvalue weighted by Crippen LogP contribution is -2.29. The van der Waals surface area contributed by atoms with Crippen molar-refractivity contribution in [2.75, 3.05) is 5.32 Å². The van der Waals surface area contributed by atoms with Gasteiger partial charge >= 0.3 is 5.97 Å². The minimum absolute atomic E-state index is 0.0215. The first kappa shape index (κ1) is 14.9. The molecule has 0 heterocycles. The Labute approximate surface area is 112 Å². The van der Waals surface area contributed by atoms with Gasteiger partial charge in [-0.2, -0.15) is 0 Å². The van der Waals surface area contributed by atoms with Crippen molar-refractivity contribution in [2.45, 2.75) is 32.2 Å². The van der Waals surface area contributed by atoms with E-state index < -0.39 is 23.6 Å². The van der Waals surface area contributed by atoms with Gasteiger partial charge in [0, 0.05) is 6.07 Å². The fourth-order valence-corrected chi connectivity index (χ4v) is 1.83. The second kappa shape index (κ2) is 6.68. The first-order valence-corrected chi connectivity index (χ1v) is 6.39. The van der Waals surface area contributed by atoms with Crippen LogP contribution in [0.1, 0.15) is 26.2 Å². The van der Waals surface area contributed by atoms with Crippen molar-refractivity contribution in [1.82, 2.24) is 0 Å². The number of unbranched alkanes of at least 4 members (excludes halogenated alkanes) is 1. The van der Waals surface area contributed by atoms with Crippen LogP contribution in [0.5, 0.6) is 0 Å². The lowest BCUT2D eigenvalue weighted by atomic mass is 10.1. The van der Waals surface area contributed by atoms with E-state index in [1.165, 1.54) is 6.07 Å². The Morgan fingerprint density at radius 3 is 2.67 bits per heavy atom. The Morgan fingerprint density at radius 1 is 1.44 bits per heavy atom. The number of hydrogen-bond donors (Lipinski definition) is 2. The van der Waals surface area contributed by atoms with Gasteiger partial charge in [0.2, 0.25) is 0 Å². The molecule has 1 unspecified atom stereocenters. The average Bonchev–Trinajstić information content (AvgIpc) is 2.30. The molecule has 0 saturated heterocycles. The van der Waals surface area contributed by atoms with Gasteiger partial charge in [-0.15, -0.1) is 0 Å². The highest BCUT2D eigenvalue weighted by Crippen LogP contribution is 2.24. The van der Waals surface area contributed by atoms with Crippen LogP contribution >= 0.6 is 15.9 Å². The van der Waals surface area contributed by atoms with Crippen LogP contribution in [-0.4, -0.2) is 17.1 Å².